The normalized spacial score (nSPS) is 17.6. The minimum Gasteiger partial charge on any atom is -0.416 e. The van der Waals surface area contributed by atoms with Crippen molar-refractivity contribution in [2.75, 3.05) is 18.0 Å². The number of nitrogens with zero attached hydrogens (tertiary/aromatic N) is 3. The summed E-state index contributed by atoms with van der Waals surface area (Å²) in [7, 11) is -2.53. The molecule has 0 unspecified atom stereocenters. The van der Waals surface area contributed by atoms with E-state index >= 15 is 0 Å². The van der Waals surface area contributed by atoms with Gasteiger partial charge in [-0.3, -0.25) is 4.79 Å². The Hall–Kier alpha value is -4.25. The largest absolute Gasteiger partial charge is 0.416 e. The lowest BCUT2D eigenvalue weighted by Gasteiger charge is -2.42. The Balaban J connectivity index is 1.39. The molecule has 222 valence electrons. The number of halogens is 1. The zero-order chi connectivity index (χ0) is 30.4. The molecule has 6 aromatic rings. The molecule has 45 heavy (non-hydrogen) atoms. The maximum Gasteiger partial charge on any atom is 0.262 e. The molecule has 0 saturated carbocycles. The van der Waals surface area contributed by atoms with Crippen LogP contribution in [0, 0.1) is 5.92 Å². The summed E-state index contributed by atoms with van der Waals surface area (Å²) in [4.78, 5) is 20.7. The van der Waals surface area contributed by atoms with Gasteiger partial charge in [-0.25, -0.2) is 0 Å². The second-order valence-corrected chi connectivity index (χ2v) is 16.2. The molecule has 1 saturated heterocycles. The first-order valence-electron chi connectivity index (χ1n) is 15.4. The van der Waals surface area contributed by atoms with Crippen LogP contribution in [-0.4, -0.2) is 22.6 Å². The Bertz CT molecular complexity index is 1910. The first kappa shape index (κ1) is 28.2. The quantitative estimate of drug-likeness (QED) is 0.189. The van der Waals surface area contributed by atoms with Crippen molar-refractivity contribution in [2.45, 2.75) is 18.9 Å². The SMILES string of the molecule is O=c1cccc2n1C[C@H]1C[C@@H]2CN(c2oc(-c3ccc(Br)cc3)nc2[P+](c2ccccc2)(c2ccccc2)c2ccccc2)C1. The predicted octanol–water partition coefficient (Wildman–Crippen LogP) is 6.51. The highest BCUT2D eigenvalue weighted by Crippen LogP contribution is 2.56. The van der Waals surface area contributed by atoms with E-state index in [4.69, 9.17) is 9.40 Å². The summed E-state index contributed by atoms with van der Waals surface area (Å²) in [5.41, 5.74) is 3.13. The van der Waals surface area contributed by atoms with Crippen molar-refractivity contribution < 1.29 is 4.42 Å². The molecule has 0 radical (unpaired) electrons. The Labute approximate surface area is 271 Å². The standard InChI is InChI=1S/C38H32BrN3O2P/c39-30-21-19-28(20-22-30)36-40-37(38(44-36)41-24-27-23-29(26-41)34-17-10-18-35(43)42(34)25-27)45(31-11-4-1-5-12-31,32-13-6-2-7-14-32)33-15-8-3-9-16-33/h1-22,27,29H,23-26H2/q+1/t27-,29+/m0/s1. The van der Waals surface area contributed by atoms with Gasteiger partial charge in [-0.2, -0.15) is 4.98 Å². The second-order valence-electron chi connectivity index (χ2n) is 11.9. The second kappa shape index (κ2) is 11.6. The third-order valence-electron chi connectivity index (χ3n) is 9.20. The molecule has 0 N–H and O–H groups in total. The number of benzene rings is 4. The van der Waals surface area contributed by atoms with Crippen molar-refractivity contribution in [1.82, 2.24) is 9.55 Å². The molecule has 7 heteroatoms. The summed E-state index contributed by atoms with van der Waals surface area (Å²) in [6.45, 7) is 2.29. The highest BCUT2D eigenvalue weighted by Gasteiger charge is 2.54. The van der Waals surface area contributed by atoms with Gasteiger partial charge in [0, 0.05) is 47.3 Å². The van der Waals surface area contributed by atoms with Crippen LogP contribution in [0.1, 0.15) is 18.0 Å². The molecular weight excluding hydrogens is 641 g/mol. The van der Waals surface area contributed by atoms with Gasteiger partial charge in [0.25, 0.3) is 16.9 Å². The van der Waals surface area contributed by atoms with E-state index in [1.165, 1.54) is 15.9 Å². The van der Waals surface area contributed by atoms with E-state index in [2.05, 4.69) is 130 Å². The molecular formula is C38H32BrN3O2P+. The van der Waals surface area contributed by atoms with Crippen molar-refractivity contribution in [2.24, 2.45) is 5.92 Å². The van der Waals surface area contributed by atoms with Crippen LogP contribution in [0.15, 0.2) is 147 Å². The molecule has 0 spiro atoms. The summed E-state index contributed by atoms with van der Waals surface area (Å²) in [6, 6.07) is 46.4. The van der Waals surface area contributed by atoms with Crippen LogP contribution in [0.3, 0.4) is 0 Å². The molecule has 2 aliphatic rings. The fraction of sp³-hybridized carbons (Fsp3) is 0.158. The topological polar surface area (TPSA) is 51.3 Å². The Morgan fingerprint density at radius 3 is 1.89 bits per heavy atom. The van der Waals surface area contributed by atoms with Crippen LogP contribution < -0.4 is 31.8 Å². The summed E-state index contributed by atoms with van der Waals surface area (Å²) in [6.07, 6.45) is 1.07. The van der Waals surface area contributed by atoms with Crippen LogP contribution in [0.25, 0.3) is 11.5 Å². The number of rotatable bonds is 6. The zero-order valence-corrected chi connectivity index (χ0v) is 27.1. The first-order valence-corrected chi connectivity index (χ1v) is 18.0. The maximum atomic E-state index is 12.8. The van der Waals surface area contributed by atoms with Gasteiger partial charge in [0.2, 0.25) is 5.89 Å². The summed E-state index contributed by atoms with van der Waals surface area (Å²) >= 11 is 3.59. The van der Waals surface area contributed by atoms with Crippen LogP contribution in [0.5, 0.6) is 0 Å². The number of oxazole rings is 1. The van der Waals surface area contributed by atoms with Crippen LogP contribution >= 0.6 is 23.2 Å². The van der Waals surface area contributed by atoms with E-state index in [0.717, 1.165) is 53.1 Å². The summed E-state index contributed by atoms with van der Waals surface area (Å²) < 4.78 is 9.98. The monoisotopic (exact) mass is 672 g/mol. The van der Waals surface area contributed by atoms with E-state index in [0.29, 0.717) is 11.8 Å². The average molecular weight is 674 g/mol. The molecule has 2 aromatic heterocycles. The van der Waals surface area contributed by atoms with E-state index in [1.54, 1.807) is 6.07 Å². The van der Waals surface area contributed by atoms with Gasteiger partial charge < -0.3 is 13.9 Å². The molecule has 8 rings (SSSR count). The molecule has 4 heterocycles. The predicted molar refractivity (Wildman–Crippen MR) is 188 cm³/mol. The fourth-order valence-electron chi connectivity index (χ4n) is 7.28. The Kier molecular flexibility index (Phi) is 7.28. The lowest BCUT2D eigenvalue weighted by Crippen LogP contribution is -2.49. The van der Waals surface area contributed by atoms with Crippen LogP contribution in [0.4, 0.5) is 5.88 Å². The van der Waals surface area contributed by atoms with Gasteiger partial charge in [-0.05, 0) is 79.1 Å². The van der Waals surface area contributed by atoms with Crippen molar-refractivity contribution >= 4 is 50.4 Å². The molecule has 2 bridgehead atoms. The number of hydrogen-bond acceptors (Lipinski definition) is 4. The first-order chi connectivity index (χ1) is 22.1. The minimum atomic E-state index is -2.53. The number of anilines is 1. The fourth-order valence-corrected chi connectivity index (χ4v) is 11.7. The summed E-state index contributed by atoms with van der Waals surface area (Å²) in [5, 5.41) is 3.69. The number of fused-ring (bicyclic) bond motifs is 4. The van der Waals surface area contributed by atoms with Crippen LogP contribution in [-0.2, 0) is 6.54 Å². The minimum absolute atomic E-state index is 0.0932. The highest BCUT2D eigenvalue weighted by atomic mass is 79.9. The molecule has 4 aromatic carbocycles. The van der Waals surface area contributed by atoms with Gasteiger partial charge in [0.15, 0.2) is 7.26 Å². The zero-order valence-electron chi connectivity index (χ0n) is 24.7. The van der Waals surface area contributed by atoms with Gasteiger partial charge >= 0.3 is 0 Å². The Morgan fingerprint density at radius 2 is 1.29 bits per heavy atom. The molecule has 2 aliphatic heterocycles. The van der Waals surface area contributed by atoms with Crippen molar-refractivity contribution in [3.8, 4) is 11.5 Å². The van der Waals surface area contributed by atoms with E-state index < -0.39 is 7.26 Å². The third-order valence-corrected chi connectivity index (χ3v) is 13.9. The van der Waals surface area contributed by atoms with Gasteiger partial charge in [-0.1, -0.05) is 76.6 Å². The van der Waals surface area contributed by atoms with Gasteiger partial charge in [0.05, 0.1) is 0 Å². The van der Waals surface area contributed by atoms with Crippen LogP contribution in [0.2, 0.25) is 0 Å². The Morgan fingerprint density at radius 1 is 0.689 bits per heavy atom. The van der Waals surface area contributed by atoms with Crippen molar-refractivity contribution in [1.29, 1.82) is 0 Å². The maximum absolute atomic E-state index is 12.8. The van der Waals surface area contributed by atoms with E-state index in [-0.39, 0.29) is 11.5 Å². The molecule has 2 atom stereocenters. The van der Waals surface area contributed by atoms with Crippen molar-refractivity contribution in [3.05, 3.63) is 154 Å². The number of piperidine rings is 1. The summed E-state index contributed by atoms with van der Waals surface area (Å²) in [5.74, 6) is 2.02. The number of hydrogen-bond donors (Lipinski definition) is 0. The number of aromatic nitrogens is 2. The molecule has 1 fully saturated rings. The van der Waals surface area contributed by atoms with E-state index in [9.17, 15) is 4.79 Å². The molecule has 0 aliphatic carbocycles. The van der Waals surface area contributed by atoms with E-state index in [1.807, 2.05) is 22.8 Å². The number of pyridine rings is 1. The highest BCUT2D eigenvalue weighted by molar-refractivity contribution is 9.10. The smallest absolute Gasteiger partial charge is 0.262 e. The molecule has 5 nitrogen and oxygen atoms in total. The van der Waals surface area contributed by atoms with Gasteiger partial charge in [-0.15, -0.1) is 0 Å². The third kappa shape index (κ3) is 4.88. The lowest BCUT2D eigenvalue weighted by molar-refractivity contribution is 0.275. The van der Waals surface area contributed by atoms with Crippen molar-refractivity contribution in [3.63, 3.8) is 0 Å². The lowest BCUT2D eigenvalue weighted by atomic mass is 9.83. The average Bonchev–Trinajstić information content (AvgIpc) is 3.53. The molecule has 0 amide bonds. The van der Waals surface area contributed by atoms with Gasteiger partial charge in [0.1, 0.15) is 15.9 Å².